The highest BCUT2D eigenvalue weighted by atomic mass is 32.2. The molecule has 0 aliphatic carbocycles. The number of sulfone groups is 1. The van der Waals surface area contributed by atoms with Crippen molar-refractivity contribution in [3.8, 4) is 0 Å². The van der Waals surface area contributed by atoms with Gasteiger partial charge in [-0.2, -0.15) is 0 Å². The Bertz CT molecular complexity index is 1130. The van der Waals surface area contributed by atoms with Gasteiger partial charge in [-0.1, -0.05) is 36.4 Å². The Morgan fingerprint density at radius 3 is 2.38 bits per heavy atom. The first-order chi connectivity index (χ1) is 13.8. The van der Waals surface area contributed by atoms with Gasteiger partial charge in [-0.3, -0.25) is 4.79 Å². The number of benzene rings is 3. The summed E-state index contributed by atoms with van der Waals surface area (Å²) in [6.07, 6.45) is 0. The Labute approximate surface area is 168 Å². The van der Waals surface area contributed by atoms with Gasteiger partial charge in [0.1, 0.15) is 11.6 Å². The molecule has 4 nitrogen and oxygen atoms in total. The lowest BCUT2D eigenvalue weighted by Crippen LogP contribution is -2.27. The summed E-state index contributed by atoms with van der Waals surface area (Å²) in [6, 6.07) is 16.8. The molecule has 3 aromatic carbocycles. The van der Waals surface area contributed by atoms with Gasteiger partial charge in [0, 0.05) is 17.2 Å². The zero-order chi connectivity index (χ0) is 21.0. The molecular weight excluding hydrogens is 396 g/mol. The van der Waals surface area contributed by atoms with E-state index in [1.54, 1.807) is 43.3 Å². The van der Waals surface area contributed by atoms with Gasteiger partial charge in [0.15, 0.2) is 9.84 Å². The summed E-state index contributed by atoms with van der Waals surface area (Å²) in [6.45, 7) is 1.58. The monoisotopic (exact) mass is 415 g/mol. The van der Waals surface area contributed by atoms with Crippen LogP contribution >= 0.6 is 0 Å². The second kappa shape index (κ2) is 8.53. The van der Waals surface area contributed by atoms with Crippen LogP contribution in [0, 0.1) is 11.6 Å². The summed E-state index contributed by atoms with van der Waals surface area (Å²) in [4.78, 5) is 12.7. The number of rotatable bonds is 6. The largest absolute Gasteiger partial charge is 0.345 e. The van der Waals surface area contributed by atoms with Crippen molar-refractivity contribution in [2.45, 2.75) is 23.6 Å². The highest BCUT2D eigenvalue weighted by Crippen LogP contribution is 2.20. The minimum atomic E-state index is -3.55. The summed E-state index contributed by atoms with van der Waals surface area (Å²) in [5.74, 6) is -2.18. The minimum absolute atomic E-state index is 0.155. The van der Waals surface area contributed by atoms with E-state index in [9.17, 15) is 22.0 Å². The van der Waals surface area contributed by atoms with Crippen molar-refractivity contribution in [3.05, 3.63) is 101 Å². The predicted octanol–water partition coefficient (Wildman–Crippen LogP) is 4.43. The maximum absolute atomic E-state index is 13.9. The van der Waals surface area contributed by atoms with Gasteiger partial charge < -0.3 is 5.32 Å². The lowest BCUT2D eigenvalue weighted by Gasteiger charge is -2.15. The van der Waals surface area contributed by atoms with Crippen LogP contribution in [0.3, 0.4) is 0 Å². The number of halogens is 2. The molecule has 0 heterocycles. The summed E-state index contributed by atoms with van der Waals surface area (Å²) in [5.41, 5.74) is 0.866. The third kappa shape index (κ3) is 5.06. The van der Waals surface area contributed by atoms with Crippen LogP contribution in [0.1, 0.15) is 34.5 Å². The van der Waals surface area contributed by atoms with Crippen LogP contribution in [0.15, 0.2) is 77.7 Å². The molecule has 0 bridgehead atoms. The Kier molecular flexibility index (Phi) is 6.08. The topological polar surface area (TPSA) is 63.2 Å². The van der Waals surface area contributed by atoms with Crippen molar-refractivity contribution >= 4 is 15.7 Å². The van der Waals surface area contributed by atoms with Crippen molar-refractivity contribution in [1.29, 1.82) is 0 Å². The molecule has 0 aliphatic heterocycles. The van der Waals surface area contributed by atoms with Gasteiger partial charge in [0.25, 0.3) is 5.91 Å². The first-order valence-electron chi connectivity index (χ1n) is 8.89. The van der Waals surface area contributed by atoms with Crippen molar-refractivity contribution in [2.75, 3.05) is 0 Å². The molecule has 0 aromatic heterocycles. The van der Waals surface area contributed by atoms with Gasteiger partial charge >= 0.3 is 0 Å². The number of carbonyl (C=O) groups is 1. The molecule has 0 aliphatic rings. The molecule has 7 heteroatoms. The first kappa shape index (κ1) is 20.7. The average molecular weight is 415 g/mol. The van der Waals surface area contributed by atoms with Crippen LogP contribution in [0.4, 0.5) is 8.78 Å². The molecular formula is C22H19F2NO3S. The number of carbonyl (C=O) groups excluding carboxylic acids is 1. The fourth-order valence-electron chi connectivity index (χ4n) is 2.94. The Morgan fingerprint density at radius 2 is 1.69 bits per heavy atom. The average Bonchev–Trinajstić information content (AvgIpc) is 2.68. The van der Waals surface area contributed by atoms with Crippen LogP contribution in [0.2, 0.25) is 0 Å². The zero-order valence-corrected chi connectivity index (χ0v) is 16.4. The molecule has 29 heavy (non-hydrogen) atoms. The molecule has 3 aromatic rings. The van der Waals surface area contributed by atoms with E-state index in [2.05, 4.69) is 5.32 Å². The molecule has 0 fully saturated rings. The summed E-state index contributed by atoms with van der Waals surface area (Å²) < 4.78 is 52.0. The zero-order valence-electron chi connectivity index (χ0n) is 15.6. The van der Waals surface area contributed by atoms with E-state index in [-0.39, 0.29) is 21.8 Å². The van der Waals surface area contributed by atoms with E-state index in [1.165, 1.54) is 24.3 Å². The summed E-state index contributed by atoms with van der Waals surface area (Å²) in [7, 11) is -3.55. The van der Waals surface area contributed by atoms with E-state index in [4.69, 9.17) is 0 Å². The van der Waals surface area contributed by atoms with Crippen molar-refractivity contribution in [3.63, 3.8) is 0 Å². The maximum atomic E-state index is 13.9. The van der Waals surface area contributed by atoms with Gasteiger partial charge in [-0.25, -0.2) is 17.2 Å². The fraction of sp³-hybridized carbons (Fsp3) is 0.136. The SMILES string of the molecule is CC(NC(=O)c1cccc(CS(=O)(=O)c2ccccc2)c1)c1ccc(F)cc1F. The van der Waals surface area contributed by atoms with E-state index < -0.39 is 33.4 Å². The van der Waals surface area contributed by atoms with Crippen LogP contribution in [0.5, 0.6) is 0 Å². The predicted molar refractivity (Wildman–Crippen MR) is 106 cm³/mol. The second-order valence-electron chi connectivity index (χ2n) is 6.63. The van der Waals surface area contributed by atoms with Crippen LogP contribution in [-0.2, 0) is 15.6 Å². The standard InChI is InChI=1S/C22H19F2NO3S/c1-15(20-11-10-18(23)13-21(20)24)25-22(26)17-7-5-6-16(12-17)14-29(27,28)19-8-3-2-4-9-19/h2-13,15H,14H2,1H3,(H,25,26). The molecule has 0 spiro atoms. The fourth-order valence-corrected chi connectivity index (χ4v) is 4.30. The van der Waals surface area contributed by atoms with Crippen molar-refractivity contribution in [2.24, 2.45) is 0 Å². The van der Waals surface area contributed by atoms with Crippen molar-refractivity contribution < 1.29 is 22.0 Å². The van der Waals surface area contributed by atoms with Gasteiger partial charge in [0.2, 0.25) is 0 Å². The number of amides is 1. The molecule has 150 valence electrons. The lowest BCUT2D eigenvalue weighted by molar-refractivity contribution is 0.0939. The van der Waals surface area contributed by atoms with Gasteiger partial charge in [-0.05, 0) is 42.8 Å². The highest BCUT2D eigenvalue weighted by Gasteiger charge is 2.18. The van der Waals surface area contributed by atoms with E-state index in [0.717, 1.165) is 12.1 Å². The number of hydrogen-bond acceptors (Lipinski definition) is 3. The molecule has 1 N–H and O–H groups in total. The van der Waals surface area contributed by atoms with E-state index in [0.29, 0.717) is 5.56 Å². The van der Waals surface area contributed by atoms with Gasteiger partial charge in [0.05, 0.1) is 16.7 Å². The Balaban J connectivity index is 1.76. The quantitative estimate of drug-likeness (QED) is 0.648. The summed E-state index contributed by atoms with van der Waals surface area (Å²) >= 11 is 0. The third-order valence-corrected chi connectivity index (χ3v) is 6.13. The molecule has 0 saturated heterocycles. The molecule has 1 amide bonds. The van der Waals surface area contributed by atoms with Gasteiger partial charge in [-0.15, -0.1) is 0 Å². The van der Waals surface area contributed by atoms with Crippen molar-refractivity contribution in [1.82, 2.24) is 5.32 Å². The number of hydrogen-bond donors (Lipinski definition) is 1. The first-order valence-corrected chi connectivity index (χ1v) is 10.5. The lowest BCUT2D eigenvalue weighted by atomic mass is 10.1. The summed E-state index contributed by atoms with van der Waals surface area (Å²) in [5, 5.41) is 2.64. The Morgan fingerprint density at radius 1 is 0.966 bits per heavy atom. The van der Waals surface area contributed by atoms with E-state index in [1.807, 2.05) is 0 Å². The second-order valence-corrected chi connectivity index (χ2v) is 8.62. The Hall–Kier alpha value is -3.06. The maximum Gasteiger partial charge on any atom is 0.251 e. The van der Waals surface area contributed by atoms with Crippen LogP contribution in [0.25, 0.3) is 0 Å². The minimum Gasteiger partial charge on any atom is -0.345 e. The third-order valence-electron chi connectivity index (χ3n) is 4.42. The number of nitrogens with one attached hydrogen (secondary N) is 1. The van der Waals surface area contributed by atoms with Crippen LogP contribution in [-0.4, -0.2) is 14.3 Å². The normalized spacial score (nSPS) is 12.4. The molecule has 0 saturated carbocycles. The molecule has 1 unspecified atom stereocenters. The van der Waals surface area contributed by atoms with Crippen LogP contribution < -0.4 is 5.32 Å². The smallest absolute Gasteiger partial charge is 0.251 e. The highest BCUT2D eigenvalue weighted by molar-refractivity contribution is 7.90. The van der Waals surface area contributed by atoms with E-state index >= 15 is 0 Å². The molecule has 3 rings (SSSR count). The molecule has 1 atom stereocenters. The molecule has 0 radical (unpaired) electrons.